The summed E-state index contributed by atoms with van der Waals surface area (Å²) < 4.78 is 55.2. The molecule has 0 saturated carbocycles. The van der Waals surface area contributed by atoms with Crippen molar-refractivity contribution in [3.05, 3.63) is 53.3 Å². The number of benzene rings is 1. The Morgan fingerprint density at radius 1 is 1.22 bits per heavy atom. The summed E-state index contributed by atoms with van der Waals surface area (Å²) in [5.41, 5.74) is 0.685. The predicted octanol–water partition coefficient (Wildman–Crippen LogP) is 1.23. The topological polar surface area (TPSA) is 149 Å². The zero-order chi connectivity index (χ0) is 25.8. The fourth-order valence-corrected chi connectivity index (χ4v) is 5.88. The van der Waals surface area contributed by atoms with Crippen LogP contribution in [0.4, 0.5) is 10.1 Å². The molecule has 0 spiro atoms. The Balaban J connectivity index is 1.41. The number of nitrogens with one attached hydrogen (secondary N) is 2. The van der Waals surface area contributed by atoms with E-state index in [1.54, 1.807) is 13.8 Å². The molecule has 0 aliphatic carbocycles. The van der Waals surface area contributed by atoms with E-state index in [1.807, 2.05) is 0 Å². The van der Waals surface area contributed by atoms with Crippen LogP contribution in [-0.4, -0.2) is 65.6 Å². The van der Waals surface area contributed by atoms with Gasteiger partial charge in [0, 0.05) is 50.9 Å². The van der Waals surface area contributed by atoms with Crippen molar-refractivity contribution in [1.82, 2.24) is 24.4 Å². The van der Waals surface area contributed by atoms with Gasteiger partial charge in [-0.1, -0.05) is 0 Å². The Morgan fingerprint density at radius 3 is 2.69 bits per heavy atom. The molecule has 2 aromatic heterocycles. The maximum Gasteiger partial charge on any atom is 0.311 e. The molecule has 12 nitrogen and oxygen atoms in total. The third-order valence-electron chi connectivity index (χ3n) is 6.21. The highest BCUT2D eigenvalue weighted by Gasteiger charge is 2.43. The number of fused-ring (bicyclic) bond motifs is 2. The molecule has 3 aromatic rings. The van der Waals surface area contributed by atoms with Crippen molar-refractivity contribution in [3.63, 3.8) is 0 Å². The fourth-order valence-electron chi connectivity index (χ4n) is 4.39. The molecule has 2 amide bonds. The van der Waals surface area contributed by atoms with E-state index in [1.165, 1.54) is 40.9 Å². The van der Waals surface area contributed by atoms with Gasteiger partial charge in [-0.3, -0.25) is 9.59 Å². The van der Waals surface area contributed by atoms with Crippen LogP contribution in [0, 0.1) is 25.6 Å². The zero-order valence-electron chi connectivity index (χ0n) is 19.6. The van der Waals surface area contributed by atoms with E-state index in [9.17, 15) is 22.4 Å². The summed E-state index contributed by atoms with van der Waals surface area (Å²) in [6, 6.07) is 3.49. The molecule has 0 radical (unpaired) electrons. The van der Waals surface area contributed by atoms with Gasteiger partial charge in [-0.05, 0) is 30.7 Å². The highest BCUT2D eigenvalue weighted by Crippen LogP contribution is 2.35. The molecule has 14 heteroatoms. The molecule has 36 heavy (non-hydrogen) atoms. The quantitative estimate of drug-likeness (QED) is 0.526. The maximum absolute atomic E-state index is 13.6. The molecule has 0 unspecified atom stereocenters. The van der Waals surface area contributed by atoms with Crippen LogP contribution in [0.1, 0.15) is 32.6 Å². The molecular weight excluding hydrogens is 495 g/mol. The van der Waals surface area contributed by atoms with Gasteiger partial charge in [0.1, 0.15) is 10.7 Å². The van der Waals surface area contributed by atoms with Crippen molar-refractivity contribution < 1.29 is 31.6 Å². The lowest BCUT2D eigenvalue weighted by atomic mass is 10.1. The molecule has 2 aliphatic heterocycles. The first-order chi connectivity index (χ1) is 17.0. The lowest BCUT2D eigenvalue weighted by Crippen LogP contribution is -2.43. The van der Waals surface area contributed by atoms with Gasteiger partial charge in [0.15, 0.2) is 11.4 Å². The van der Waals surface area contributed by atoms with Crippen LogP contribution < -0.4 is 14.8 Å². The van der Waals surface area contributed by atoms with Crippen molar-refractivity contribution in [1.29, 1.82) is 0 Å². The summed E-state index contributed by atoms with van der Waals surface area (Å²) in [5, 5.41) is 10.1. The van der Waals surface area contributed by atoms with Gasteiger partial charge in [-0.25, -0.2) is 17.5 Å². The minimum Gasteiger partial charge on any atom is -0.489 e. The van der Waals surface area contributed by atoms with E-state index >= 15 is 0 Å². The van der Waals surface area contributed by atoms with E-state index < -0.39 is 39.6 Å². The van der Waals surface area contributed by atoms with E-state index in [-0.39, 0.29) is 47.8 Å². The summed E-state index contributed by atoms with van der Waals surface area (Å²) >= 11 is 0. The number of nitrogens with zero attached hydrogens (tertiary/aromatic N) is 4. The Kier molecular flexibility index (Phi) is 5.79. The van der Waals surface area contributed by atoms with Crippen LogP contribution in [0.5, 0.6) is 5.75 Å². The number of anilines is 1. The first kappa shape index (κ1) is 23.9. The zero-order valence-corrected chi connectivity index (χ0v) is 20.4. The average molecular weight is 519 g/mol. The molecule has 2 N–H and O–H groups in total. The van der Waals surface area contributed by atoms with Gasteiger partial charge < -0.3 is 23.9 Å². The number of hydrogen-bond acceptors (Lipinski definition) is 8. The number of likely N-dealkylation sites (tertiary alicyclic amines) is 1. The van der Waals surface area contributed by atoms with Crippen LogP contribution in [-0.2, 0) is 17.1 Å². The van der Waals surface area contributed by atoms with Gasteiger partial charge in [-0.2, -0.15) is 0 Å². The standard InChI is InChI=1S/C22H23FN6O6S/c1-11-6-14(4-5-15(11)23)24-20(30)18-19-17(9-28(18)3)36(32,33)27-16-8-29(7-13(16)10-34-19)22(31)21-26-25-12(2)35-21/h4-6,9,13,16,27H,7-8,10H2,1-3H3,(H,24,30)/t13-,16+/m1/s1. The maximum atomic E-state index is 13.6. The molecule has 0 bridgehead atoms. The number of rotatable bonds is 3. The van der Waals surface area contributed by atoms with E-state index in [4.69, 9.17) is 9.15 Å². The normalized spacial score (nSPS) is 20.6. The minimum absolute atomic E-state index is 0.0110. The second kappa shape index (κ2) is 8.71. The highest BCUT2D eigenvalue weighted by atomic mass is 32.2. The SMILES string of the molecule is Cc1nnc(C(=O)N2C[C@@H]3COc4c(cn(C)c4C(=O)Nc4ccc(F)c(C)c4)S(=O)(=O)N[C@H]3C2)o1. The summed E-state index contributed by atoms with van der Waals surface area (Å²) in [6.45, 7) is 3.45. The van der Waals surface area contributed by atoms with Gasteiger partial charge in [0.2, 0.25) is 15.9 Å². The lowest BCUT2D eigenvalue weighted by molar-refractivity contribution is 0.0741. The molecule has 1 aromatic carbocycles. The molecular formula is C22H23FN6O6S. The van der Waals surface area contributed by atoms with Gasteiger partial charge in [0.25, 0.3) is 5.91 Å². The molecule has 2 atom stereocenters. The molecule has 4 heterocycles. The number of carbonyl (C=O) groups is 2. The fraction of sp³-hybridized carbons (Fsp3) is 0.364. The second-order valence-electron chi connectivity index (χ2n) is 8.84. The molecule has 2 aliphatic rings. The van der Waals surface area contributed by atoms with E-state index in [2.05, 4.69) is 20.2 Å². The van der Waals surface area contributed by atoms with Gasteiger partial charge in [-0.15, -0.1) is 10.2 Å². The van der Waals surface area contributed by atoms with Crippen molar-refractivity contribution >= 4 is 27.5 Å². The minimum atomic E-state index is -4.10. The van der Waals surface area contributed by atoms with Crippen LogP contribution >= 0.6 is 0 Å². The van der Waals surface area contributed by atoms with E-state index in [0.29, 0.717) is 11.3 Å². The molecule has 1 fully saturated rings. The number of amides is 2. The molecule has 1 saturated heterocycles. The summed E-state index contributed by atoms with van der Waals surface area (Å²) in [5.74, 6) is -1.96. The van der Waals surface area contributed by atoms with Gasteiger partial charge in [0.05, 0.1) is 6.61 Å². The Hall–Kier alpha value is -3.78. The van der Waals surface area contributed by atoms with Crippen LogP contribution in [0.25, 0.3) is 0 Å². The van der Waals surface area contributed by atoms with Crippen LogP contribution in [0.3, 0.4) is 0 Å². The Bertz CT molecular complexity index is 1480. The van der Waals surface area contributed by atoms with Crippen LogP contribution in [0.15, 0.2) is 33.7 Å². The largest absolute Gasteiger partial charge is 0.489 e. The van der Waals surface area contributed by atoms with Crippen molar-refractivity contribution in [2.24, 2.45) is 13.0 Å². The van der Waals surface area contributed by atoms with Gasteiger partial charge >= 0.3 is 11.8 Å². The molecule has 5 rings (SSSR count). The predicted molar refractivity (Wildman–Crippen MR) is 123 cm³/mol. The number of ether oxygens (including phenoxy) is 1. The van der Waals surface area contributed by atoms with E-state index in [0.717, 1.165) is 0 Å². The average Bonchev–Trinajstić information content (AvgIpc) is 3.50. The number of aromatic nitrogens is 3. The Morgan fingerprint density at radius 2 is 2.00 bits per heavy atom. The first-order valence-electron chi connectivity index (χ1n) is 11.0. The smallest absolute Gasteiger partial charge is 0.311 e. The number of sulfonamides is 1. The van der Waals surface area contributed by atoms with Crippen molar-refractivity contribution in [2.45, 2.75) is 24.8 Å². The summed E-state index contributed by atoms with van der Waals surface area (Å²) in [6.07, 6.45) is 1.29. The number of aryl methyl sites for hydroxylation is 3. The molecule has 190 valence electrons. The number of carbonyl (C=O) groups excluding carboxylic acids is 2. The lowest BCUT2D eigenvalue weighted by Gasteiger charge is -2.23. The van der Waals surface area contributed by atoms with Crippen molar-refractivity contribution in [3.8, 4) is 5.75 Å². The summed E-state index contributed by atoms with van der Waals surface area (Å²) in [4.78, 5) is 27.1. The third-order valence-corrected chi connectivity index (χ3v) is 7.69. The monoisotopic (exact) mass is 518 g/mol. The van der Waals surface area contributed by atoms with Crippen molar-refractivity contribution in [2.75, 3.05) is 25.0 Å². The van der Waals surface area contributed by atoms with Crippen LogP contribution in [0.2, 0.25) is 0 Å². The second-order valence-corrected chi connectivity index (χ2v) is 10.5. The highest BCUT2D eigenvalue weighted by molar-refractivity contribution is 7.89. The number of hydrogen-bond donors (Lipinski definition) is 2. The first-order valence-corrected chi connectivity index (χ1v) is 12.5. The Labute approximate surface area is 205 Å². The number of halogens is 1. The summed E-state index contributed by atoms with van der Waals surface area (Å²) in [7, 11) is -2.57. The third kappa shape index (κ3) is 4.22.